The second-order valence-electron chi connectivity index (χ2n) is 5.64. The average molecular weight is 357 g/mol. The number of carbonyl (C=O) groups is 1. The summed E-state index contributed by atoms with van der Waals surface area (Å²) in [5.41, 5.74) is 2.60. The van der Waals surface area contributed by atoms with Crippen molar-refractivity contribution in [3.05, 3.63) is 69.2 Å². The molecule has 4 aromatic heterocycles. The molecule has 1 amide bonds. The second kappa shape index (κ2) is 5.75. The third-order valence-corrected chi connectivity index (χ3v) is 4.02. The van der Waals surface area contributed by atoms with E-state index in [1.54, 1.807) is 12.4 Å². The minimum Gasteiger partial charge on any atom is -0.345 e. The predicted molar refractivity (Wildman–Crippen MR) is 91.9 cm³/mol. The fraction of sp³-hybridized carbons (Fsp3) is 0.125. The number of nitrogens with one attached hydrogen (secondary N) is 2. The Kier molecular flexibility index (Phi) is 3.54. The minimum atomic E-state index is -0.380. The number of pyridine rings is 1. The zero-order valence-electron chi connectivity index (χ0n) is 13.2. The Hall–Kier alpha value is -3.13. The van der Waals surface area contributed by atoms with E-state index in [-0.39, 0.29) is 23.7 Å². The third-order valence-electron chi connectivity index (χ3n) is 3.81. The number of aromatic amines is 1. The molecule has 2 N–H and O–H groups in total. The van der Waals surface area contributed by atoms with Crippen LogP contribution in [0.1, 0.15) is 21.7 Å². The summed E-state index contributed by atoms with van der Waals surface area (Å²) in [7, 11) is 0. The molecule has 4 rings (SSSR count). The maximum absolute atomic E-state index is 12.3. The van der Waals surface area contributed by atoms with Crippen molar-refractivity contribution in [1.82, 2.24) is 29.3 Å². The Morgan fingerprint density at radius 2 is 2.20 bits per heavy atom. The van der Waals surface area contributed by atoms with Gasteiger partial charge in [-0.15, -0.1) is 0 Å². The fourth-order valence-corrected chi connectivity index (χ4v) is 2.94. The highest BCUT2D eigenvalue weighted by Gasteiger charge is 2.13. The van der Waals surface area contributed by atoms with Crippen molar-refractivity contribution in [3.63, 3.8) is 0 Å². The summed E-state index contributed by atoms with van der Waals surface area (Å²) < 4.78 is 3.19. The first kappa shape index (κ1) is 15.4. The predicted octanol–water partition coefficient (Wildman–Crippen LogP) is 1.56. The van der Waals surface area contributed by atoms with Gasteiger partial charge in [0.15, 0.2) is 5.69 Å². The van der Waals surface area contributed by atoms with E-state index in [1.807, 2.05) is 23.6 Å². The monoisotopic (exact) mass is 356 g/mol. The highest BCUT2D eigenvalue weighted by Crippen LogP contribution is 2.16. The van der Waals surface area contributed by atoms with E-state index in [1.165, 1.54) is 16.8 Å². The first-order chi connectivity index (χ1) is 12.0. The third kappa shape index (κ3) is 2.76. The van der Waals surface area contributed by atoms with Gasteiger partial charge in [-0.1, -0.05) is 11.6 Å². The van der Waals surface area contributed by atoms with Crippen LogP contribution in [0.15, 0.2) is 41.7 Å². The molecule has 0 aliphatic carbocycles. The molecule has 0 saturated carbocycles. The van der Waals surface area contributed by atoms with Crippen LogP contribution in [0.3, 0.4) is 0 Å². The Bertz CT molecular complexity index is 1170. The maximum atomic E-state index is 12.3. The van der Waals surface area contributed by atoms with Gasteiger partial charge in [0.05, 0.1) is 17.3 Å². The first-order valence-electron chi connectivity index (χ1n) is 7.50. The van der Waals surface area contributed by atoms with Crippen molar-refractivity contribution in [2.24, 2.45) is 0 Å². The van der Waals surface area contributed by atoms with E-state index in [0.717, 1.165) is 11.2 Å². The van der Waals surface area contributed by atoms with Gasteiger partial charge < -0.3 is 14.7 Å². The van der Waals surface area contributed by atoms with Crippen molar-refractivity contribution >= 4 is 28.7 Å². The molecule has 9 heteroatoms. The van der Waals surface area contributed by atoms with Gasteiger partial charge in [0.1, 0.15) is 11.2 Å². The summed E-state index contributed by atoms with van der Waals surface area (Å²) in [5, 5.41) is 7.47. The van der Waals surface area contributed by atoms with Crippen LogP contribution in [-0.4, -0.2) is 29.9 Å². The number of halogens is 1. The fourth-order valence-electron chi connectivity index (χ4n) is 2.67. The van der Waals surface area contributed by atoms with Crippen molar-refractivity contribution in [1.29, 1.82) is 0 Å². The number of aryl methyl sites for hydroxylation is 1. The summed E-state index contributed by atoms with van der Waals surface area (Å²) in [5.74, 6) is -0.380. The number of nitrogens with zero attached hydrogens (tertiary/aromatic N) is 4. The van der Waals surface area contributed by atoms with E-state index in [9.17, 15) is 9.59 Å². The molecule has 0 aliphatic heterocycles. The molecule has 25 heavy (non-hydrogen) atoms. The number of imidazole rings is 1. The standard InChI is InChI=1S/C16H13ClN6O2/c1-9-4-10(17)7-22-8-11(20-14(9)22)6-19-15(24)12-5-13-16(25)18-2-3-23(13)21-12/h2-5,7-8H,6H2,1H3,(H,18,25)(H,19,24). The Labute approximate surface area is 146 Å². The van der Waals surface area contributed by atoms with Crippen molar-refractivity contribution in [2.75, 3.05) is 0 Å². The molecule has 0 bridgehead atoms. The van der Waals surface area contributed by atoms with Gasteiger partial charge in [-0.3, -0.25) is 9.59 Å². The molecule has 0 atom stereocenters. The molecule has 8 nitrogen and oxygen atoms in total. The lowest BCUT2D eigenvalue weighted by atomic mass is 10.3. The number of hydrogen-bond acceptors (Lipinski definition) is 4. The van der Waals surface area contributed by atoms with Gasteiger partial charge in [-0.2, -0.15) is 5.10 Å². The maximum Gasteiger partial charge on any atom is 0.273 e. The second-order valence-corrected chi connectivity index (χ2v) is 6.07. The zero-order chi connectivity index (χ0) is 17.6. The van der Waals surface area contributed by atoms with Gasteiger partial charge in [0.2, 0.25) is 0 Å². The summed E-state index contributed by atoms with van der Waals surface area (Å²) in [6.45, 7) is 2.16. The van der Waals surface area contributed by atoms with E-state index in [2.05, 4.69) is 20.4 Å². The van der Waals surface area contributed by atoms with Gasteiger partial charge in [-0.25, -0.2) is 9.50 Å². The van der Waals surface area contributed by atoms with Crippen LogP contribution >= 0.6 is 11.6 Å². The van der Waals surface area contributed by atoms with Gasteiger partial charge >= 0.3 is 0 Å². The average Bonchev–Trinajstić information content (AvgIpc) is 3.17. The van der Waals surface area contributed by atoms with E-state index < -0.39 is 0 Å². The molecule has 0 saturated heterocycles. The molecule has 0 unspecified atom stereocenters. The van der Waals surface area contributed by atoms with Gasteiger partial charge in [0.25, 0.3) is 11.5 Å². The van der Waals surface area contributed by atoms with E-state index >= 15 is 0 Å². The largest absolute Gasteiger partial charge is 0.345 e. The summed E-state index contributed by atoms with van der Waals surface area (Å²) in [6, 6.07) is 3.28. The Balaban J connectivity index is 1.56. The molecule has 0 aromatic carbocycles. The smallest absolute Gasteiger partial charge is 0.273 e. The van der Waals surface area contributed by atoms with Crippen LogP contribution in [0.2, 0.25) is 5.02 Å². The van der Waals surface area contributed by atoms with E-state index in [4.69, 9.17) is 11.6 Å². The number of hydrogen-bond donors (Lipinski definition) is 2. The molecule has 0 fully saturated rings. The Morgan fingerprint density at radius 1 is 1.36 bits per heavy atom. The molecule has 0 radical (unpaired) electrons. The zero-order valence-corrected chi connectivity index (χ0v) is 13.9. The molecule has 0 aliphatic rings. The highest BCUT2D eigenvalue weighted by atomic mass is 35.5. The number of rotatable bonds is 3. The molecule has 126 valence electrons. The minimum absolute atomic E-state index is 0.166. The normalized spacial score (nSPS) is 11.3. The molecular formula is C16H13ClN6O2. The van der Waals surface area contributed by atoms with Crippen LogP contribution in [-0.2, 0) is 6.54 Å². The summed E-state index contributed by atoms with van der Waals surface area (Å²) >= 11 is 6.04. The number of H-pyrrole nitrogens is 1. The van der Waals surface area contributed by atoms with Gasteiger partial charge in [-0.05, 0) is 18.6 Å². The first-order valence-corrected chi connectivity index (χ1v) is 7.88. The lowest BCUT2D eigenvalue weighted by Crippen LogP contribution is -2.23. The summed E-state index contributed by atoms with van der Waals surface area (Å²) in [6.07, 6.45) is 6.61. The van der Waals surface area contributed by atoms with Crippen LogP contribution in [0.4, 0.5) is 0 Å². The molecule has 0 spiro atoms. The Morgan fingerprint density at radius 3 is 3.00 bits per heavy atom. The molecule has 4 aromatic rings. The number of aromatic nitrogens is 5. The number of amides is 1. The highest BCUT2D eigenvalue weighted by molar-refractivity contribution is 6.30. The van der Waals surface area contributed by atoms with Crippen molar-refractivity contribution in [2.45, 2.75) is 13.5 Å². The van der Waals surface area contributed by atoms with Crippen molar-refractivity contribution < 1.29 is 4.79 Å². The molecule has 4 heterocycles. The van der Waals surface area contributed by atoms with E-state index in [0.29, 0.717) is 16.2 Å². The van der Waals surface area contributed by atoms with Crippen LogP contribution in [0.5, 0.6) is 0 Å². The van der Waals surface area contributed by atoms with Crippen LogP contribution < -0.4 is 10.9 Å². The molecular weight excluding hydrogens is 344 g/mol. The van der Waals surface area contributed by atoms with Crippen LogP contribution in [0, 0.1) is 6.92 Å². The number of fused-ring (bicyclic) bond motifs is 2. The van der Waals surface area contributed by atoms with Gasteiger partial charge in [0, 0.05) is 30.9 Å². The van der Waals surface area contributed by atoms with Crippen LogP contribution in [0.25, 0.3) is 11.2 Å². The SMILES string of the molecule is Cc1cc(Cl)cn2cc(CNC(=O)c3cc4c(=O)[nH]ccn4n3)nc12. The quantitative estimate of drug-likeness (QED) is 0.582. The summed E-state index contributed by atoms with van der Waals surface area (Å²) in [4.78, 5) is 31.0. The lowest BCUT2D eigenvalue weighted by molar-refractivity contribution is 0.0945. The lowest BCUT2D eigenvalue weighted by Gasteiger charge is -1.99. The van der Waals surface area contributed by atoms with Crippen molar-refractivity contribution in [3.8, 4) is 0 Å². The number of carbonyl (C=O) groups excluding carboxylic acids is 1. The topological polar surface area (TPSA) is 96.6 Å².